The molecule has 0 saturated carbocycles. The van der Waals surface area contributed by atoms with E-state index in [9.17, 15) is 29.3 Å². The molecular formula is C21H21FO8. The molecule has 2 aromatic rings. The second kappa shape index (κ2) is 8.88. The molecular weight excluding hydrogens is 399 g/mol. The van der Waals surface area contributed by atoms with Gasteiger partial charge in [0.05, 0.1) is 5.92 Å². The lowest BCUT2D eigenvalue weighted by molar-refractivity contribution is -0.286. The largest absolute Gasteiger partial charge is 0.479 e. The Kier molecular flexibility index (Phi) is 6.47. The molecule has 0 amide bonds. The first-order valence-electron chi connectivity index (χ1n) is 9.18. The van der Waals surface area contributed by atoms with E-state index in [1.807, 2.05) is 0 Å². The van der Waals surface area contributed by atoms with Gasteiger partial charge in [0.25, 0.3) is 0 Å². The second-order valence-electron chi connectivity index (χ2n) is 7.00. The van der Waals surface area contributed by atoms with Crippen molar-refractivity contribution in [3.63, 3.8) is 0 Å². The average molecular weight is 420 g/mol. The van der Waals surface area contributed by atoms with Crippen molar-refractivity contribution in [2.45, 2.75) is 43.5 Å². The van der Waals surface area contributed by atoms with Crippen molar-refractivity contribution in [1.82, 2.24) is 0 Å². The number of esters is 1. The highest BCUT2D eigenvalue weighted by molar-refractivity contribution is 5.78. The van der Waals surface area contributed by atoms with Crippen LogP contribution in [0.15, 0.2) is 48.5 Å². The second-order valence-corrected chi connectivity index (χ2v) is 7.00. The lowest BCUT2D eigenvalue weighted by Crippen LogP contribution is -2.60. The van der Waals surface area contributed by atoms with Crippen LogP contribution in [0.3, 0.4) is 0 Å². The zero-order chi connectivity index (χ0) is 22.0. The van der Waals surface area contributed by atoms with E-state index in [0.717, 1.165) is 0 Å². The Hall–Kier alpha value is -2.85. The van der Waals surface area contributed by atoms with Gasteiger partial charge >= 0.3 is 11.9 Å². The molecule has 0 bridgehead atoms. The smallest absolute Gasteiger partial charge is 0.335 e. The van der Waals surface area contributed by atoms with Gasteiger partial charge in [-0.25, -0.2) is 9.18 Å². The third kappa shape index (κ3) is 4.34. The maximum Gasteiger partial charge on any atom is 0.335 e. The highest BCUT2D eigenvalue weighted by atomic mass is 19.1. The summed E-state index contributed by atoms with van der Waals surface area (Å²) in [5.74, 6) is -4.05. The van der Waals surface area contributed by atoms with Crippen LogP contribution in [0, 0.1) is 5.82 Å². The van der Waals surface area contributed by atoms with E-state index >= 15 is 0 Å². The van der Waals surface area contributed by atoms with E-state index in [1.165, 1.54) is 19.1 Å². The van der Waals surface area contributed by atoms with Crippen molar-refractivity contribution in [3.8, 4) is 11.1 Å². The summed E-state index contributed by atoms with van der Waals surface area (Å²) in [6.45, 7) is 1.44. The number of halogens is 1. The third-order valence-corrected chi connectivity index (χ3v) is 4.98. The zero-order valence-corrected chi connectivity index (χ0v) is 15.9. The van der Waals surface area contributed by atoms with E-state index in [2.05, 4.69) is 0 Å². The highest BCUT2D eigenvalue weighted by Crippen LogP contribution is 2.28. The van der Waals surface area contributed by atoms with Crippen molar-refractivity contribution in [3.05, 3.63) is 59.9 Å². The summed E-state index contributed by atoms with van der Waals surface area (Å²) in [6.07, 6.45) is -9.35. The standard InChI is InChI=1S/C21H21FO8/c1-10(12-7-8-13(14(22)9-12)11-5-3-2-4-6-11)20(28)30-21-17(25)15(23)16(24)18(29-21)19(26)27/h2-10,15-18,21,23-25H,1H3,(H,26,27). The molecule has 0 aliphatic carbocycles. The number of aliphatic carboxylic acids is 1. The number of hydrogen-bond donors (Lipinski definition) is 4. The summed E-state index contributed by atoms with van der Waals surface area (Å²) in [6, 6.07) is 13.1. The normalized spacial score (nSPS) is 27.3. The van der Waals surface area contributed by atoms with Gasteiger partial charge in [-0.05, 0) is 24.1 Å². The van der Waals surface area contributed by atoms with Crippen LogP contribution in [-0.2, 0) is 19.1 Å². The maximum atomic E-state index is 14.6. The molecule has 1 aliphatic rings. The van der Waals surface area contributed by atoms with Gasteiger partial charge < -0.3 is 29.9 Å². The number of rotatable bonds is 5. The minimum atomic E-state index is -1.90. The number of carboxylic acids is 1. The van der Waals surface area contributed by atoms with Gasteiger partial charge in [-0.3, -0.25) is 4.79 Å². The zero-order valence-electron chi connectivity index (χ0n) is 15.9. The highest BCUT2D eigenvalue weighted by Gasteiger charge is 2.48. The maximum absolute atomic E-state index is 14.6. The minimum Gasteiger partial charge on any atom is -0.479 e. The van der Waals surface area contributed by atoms with Crippen molar-refractivity contribution in [2.75, 3.05) is 0 Å². The molecule has 0 radical (unpaired) electrons. The molecule has 1 aliphatic heterocycles. The average Bonchev–Trinajstić information content (AvgIpc) is 2.73. The fraction of sp³-hybridized carbons (Fsp3) is 0.333. The summed E-state index contributed by atoms with van der Waals surface area (Å²) >= 11 is 0. The fourth-order valence-electron chi connectivity index (χ4n) is 3.15. The van der Waals surface area contributed by atoms with Crippen LogP contribution >= 0.6 is 0 Å². The molecule has 1 fully saturated rings. The number of carboxylic acid groups (broad SMARTS) is 1. The van der Waals surface area contributed by atoms with Gasteiger partial charge in [-0.1, -0.05) is 42.5 Å². The van der Waals surface area contributed by atoms with Crippen LogP contribution in [0.2, 0.25) is 0 Å². The van der Waals surface area contributed by atoms with Crippen LogP contribution < -0.4 is 0 Å². The summed E-state index contributed by atoms with van der Waals surface area (Å²) < 4.78 is 24.5. The quantitative estimate of drug-likeness (QED) is 0.527. The monoisotopic (exact) mass is 420 g/mol. The minimum absolute atomic E-state index is 0.290. The first-order valence-corrected chi connectivity index (χ1v) is 9.18. The molecule has 6 atom stereocenters. The lowest BCUT2D eigenvalue weighted by atomic mass is 9.96. The number of aliphatic hydroxyl groups excluding tert-OH is 3. The summed E-state index contributed by atoms with van der Waals surface area (Å²) in [5.41, 5.74) is 1.31. The molecule has 30 heavy (non-hydrogen) atoms. The molecule has 1 saturated heterocycles. The molecule has 0 spiro atoms. The van der Waals surface area contributed by atoms with Gasteiger partial charge in [0.1, 0.15) is 24.1 Å². The van der Waals surface area contributed by atoms with Crippen molar-refractivity contribution < 1.29 is 43.9 Å². The van der Waals surface area contributed by atoms with E-state index in [0.29, 0.717) is 11.1 Å². The van der Waals surface area contributed by atoms with E-state index in [1.54, 1.807) is 36.4 Å². The van der Waals surface area contributed by atoms with E-state index in [4.69, 9.17) is 14.6 Å². The van der Waals surface area contributed by atoms with Gasteiger partial charge in [0, 0.05) is 5.56 Å². The molecule has 2 aromatic carbocycles. The Bertz CT molecular complexity index is 918. The van der Waals surface area contributed by atoms with Crippen LogP contribution in [0.25, 0.3) is 11.1 Å². The Labute approximate surface area is 171 Å². The number of aliphatic hydroxyl groups is 3. The van der Waals surface area contributed by atoms with Gasteiger partial charge in [-0.2, -0.15) is 0 Å². The molecule has 6 unspecified atom stereocenters. The number of carbonyl (C=O) groups is 2. The van der Waals surface area contributed by atoms with Gasteiger partial charge in [-0.15, -0.1) is 0 Å². The molecule has 3 rings (SSSR count). The Morgan fingerprint density at radius 3 is 2.30 bits per heavy atom. The Morgan fingerprint density at radius 1 is 1.03 bits per heavy atom. The number of carbonyl (C=O) groups excluding carboxylic acids is 1. The van der Waals surface area contributed by atoms with Crippen molar-refractivity contribution in [2.24, 2.45) is 0 Å². The fourth-order valence-corrected chi connectivity index (χ4v) is 3.15. The number of hydrogen-bond acceptors (Lipinski definition) is 7. The third-order valence-electron chi connectivity index (χ3n) is 4.98. The molecule has 0 aromatic heterocycles. The molecule has 4 N–H and O–H groups in total. The molecule has 8 nitrogen and oxygen atoms in total. The van der Waals surface area contributed by atoms with Crippen molar-refractivity contribution in [1.29, 1.82) is 0 Å². The Morgan fingerprint density at radius 2 is 1.70 bits per heavy atom. The lowest BCUT2D eigenvalue weighted by Gasteiger charge is -2.38. The predicted octanol–water partition coefficient (Wildman–Crippen LogP) is 1.03. The first-order chi connectivity index (χ1) is 14.2. The first kappa shape index (κ1) is 21.8. The summed E-state index contributed by atoms with van der Waals surface area (Å²) in [4.78, 5) is 23.6. The number of ether oxygens (including phenoxy) is 2. The molecule has 1 heterocycles. The van der Waals surface area contributed by atoms with Gasteiger partial charge in [0.2, 0.25) is 6.29 Å². The van der Waals surface area contributed by atoms with E-state index < -0.39 is 54.4 Å². The van der Waals surface area contributed by atoms with Crippen LogP contribution in [0.5, 0.6) is 0 Å². The summed E-state index contributed by atoms with van der Waals surface area (Å²) in [7, 11) is 0. The van der Waals surface area contributed by atoms with Gasteiger partial charge in [0.15, 0.2) is 6.10 Å². The van der Waals surface area contributed by atoms with Crippen LogP contribution in [0.4, 0.5) is 4.39 Å². The van der Waals surface area contributed by atoms with Crippen LogP contribution in [-0.4, -0.2) is 63.1 Å². The molecule has 160 valence electrons. The topological polar surface area (TPSA) is 134 Å². The van der Waals surface area contributed by atoms with E-state index in [-0.39, 0.29) is 5.56 Å². The predicted molar refractivity (Wildman–Crippen MR) is 101 cm³/mol. The molecule has 9 heteroatoms. The number of benzene rings is 2. The van der Waals surface area contributed by atoms with Crippen LogP contribution in [0.1, 0.15) is 18.4 Å². The summed E-state index contributed by atoms with van der Waals surface area (Å²) in [5, 5.41) is 38.5. The van der Waals surface area contributed by atoms with Crippen molar-refractivity contribution >= 4 is 11.9 Å². The Balaban J connectivity index is 1.74. The SMILES string of the molecule is CC(C(=O)OC1OC(C(=O)O)C(O)C(O)C1O)c1ccc(-c2ccccc2)c(F)c1.